The number of ether oxygens (including phenoxy) is 2. The van der Waals surface area contributed by atoms with Crippen molar-refractivity contribution in [3.05, 3.63) is 57.6 Å². The van der Waals surface area contributed by atoms with Gasteiger partial charge in [0.2, 0.25) is 0 Å². The summed E-state index contributed by atoms with van der Waals surface area (Å²) in [5.41, 5.74) is 6.68. The van der Waals surface area contributed by atoms with Crippen LogP contribution in [0.4, 0.5) is 15.8 Å². The average Bonchev–Trinajstić information content (AvgIpc) is 2.55. The van der Waals surface area contributed by atoms with Gasteiger partial charge >= 0.3 is 0 Å². The van der Waals surface area contributed by atoms with Gasteiger partial charge in [-0.25, -0.2) is 0 Å². The molecule has 2 rings (SSSR count). The van der Waals surface area contributed by atoms with Crippen LogP contribution in [0.3, 0.4) is 0 Å². The standard InChI is InChI=1S/C16H17FN2O4/c1-22-12-5-11(6-13(8-12)23-2)14(9-17)10-3-4-16(19(20)21)15(18)7-10/h3-8,14H,9,18H2,1-2H3. The van der Waals surface area contributed by atoms with Crippen molar-refractivity contribution in [2.24, 2.45) is 0 Å². The van der Waals surface area contributed by atoms with Gasteiger partial charge in [-0.05, 0) is 29.3 Å². The van der Waals surface area contributed by atoms with Gasteiger partial charge in [-0.3, -0.25) is 14.5 Å². The molecule has 2 N–H and O–H groups in total. The lowest BCUT2D eigenvalue weighted by atomic mass is 9.91. The van der Waals surface area contributed by atoms with Crippen LogP contribution < -0.4 is 15.2 Å². The molecule has 1 unspecified atom stereocenters. The van der Waals surface area contributed by atoms with Gasteiger partial charge in [0.25, 0.3) is 5.69 Å². The number of anilines is 1. The van der Waals surface area contributed by atoms with Crippen molar-refractivity contribution < 1.29 is 18.8 Å². The van der Waals surface area contributed by atoms with Gasteiger partial charge in [-0.1, -0.05) is 6.07 Å². The Morgan fingerprint density at radius 3 is 2.17 bits per heavy atom. The molecule has 122 valence electrons. The normalized spacial score (nSPS) is 11.8. The van der Waals surface area contributed by atoms with E-state index in [9.17, 15) is 14.5 Å². The molecular weight excluding hydrogens is 303 g/mol. The third kappa shape index (κ3) is 3.50. The minimum absolute atomic E-state index is 0.000751. The average molecular weight is 320 g/mol. The summed E-state index contributed by atoms with van der Waals surface area (Å²) in [5.74, 6) is 0.447. The molecule has 0 aliphatic heterocycles. The van der Waals surface area contributed by atoms with E-state index < -0.39 is 17.5 Å². The van der Waals surface area contributed by atoms with E-state index in [0.29, 0.717) is 22.6 Å². The Kier molecular flexibility index (Phi) is 5.00. The first-order valence-electron chi connectivity index (χ1n) is 6.83. The largest absolute Gasteiger partial charge is 0.497 e. The second kappa shape index (κ2) is 6.95. The van der Waals surface area contributed by atoms with Gasteiger partial charge in [0.1, 0.15) is 23.9 Å². The molecule has 6 nitrogen and oxygen atoms in total. The number of halogens is 1. The highest BCUT2D eigenvalue weighted by molar-refractivity contribution is 5.60. The molecular formula is C16H17FN2O4. The zero-order chi connectivity index (χ0) is 17.0. The van der Waals surface area contributed by atoms with Crippen LogP contribution in [0.1, 0.15) is 17.0 Å². The highest BCUT2D eigenvalue weighted by Gasteiger charge is 2.20. The number of hydrogen-bond acceptors (Lipinski definition) is 5. The lowest BCUT2D eigenvalue weighted by Crippen LogP contribution is -2.06. The molecule has 0 aliphatic rings. The Hall–Kier alpha value is -2.83. The Morgan fingerprint density at radius 2 is 1.74 bits per heavy atom. The zero-order valence-corrected chi connectivity index (χ0v) is 12.8. The predicted molar refractivity (Wildman–Crippen MR) is 84.9 cm³/mol. The number of nitrogens with zero attached hydrogens (tertiary/aromatic N) is 1. The molecule has 0 aromatic heterocycles. The number of nitro groups is 1. The van der Waals surface area contributed by atoms with Crippen LogP contribution in [-0.4, -0.2) is 25.8 Å². The maximum atomic E-state index is 13.6. The number of rotatable bonds is 6. The number of alkyl halides is 1. The number of hydrogen-bond donors (Lipinski definition) is 1. The first-order valence-corrected chi connectivity index (χ1v) is 6.83. The van der Waals surface area contributed by atoms with E-state index in [0.717, 1.165) is 0 Å². The zero-order valence-electron chi connectivity index (χ0n) is 12.8. The van der Waals surface area contributed by atoms with Gasteiger partial charge in [0.15, 0.2) is 0 Å². The summed E-state index contributed by atoms with van der Waals surface area (Å²) in [6.07, 6.45) is 0. The quantitative estimate of drug-likeness (QED) is 0.501. The van der Waals surface area contributed by atoms with Crippen molar-refractivity contribution in [1.82, 2.24) is 0 Å². The molecule has 0 saturated heterocycles. The lowest BCUT2D eigenvalue weighted by molar-refractivity contribution is -0.383. The fourth-order valence-electron chi connectivity index (χ4n) is 2.36. The Balaban J connectivity index is 2.47. The highest BCUT2D eigenvalue weighted by atomic mass is 19.1. The maximum Gasteiger partial charge on any atom is 0.292 e. The fourth-order valence-corrected chi connectivity index (χ4v) is 2.36. The molecule has 0 amide bonds. The minimum Gasteiger partial charge on any atom is -0.497 e. The van der Waals surface area contributed by atoms with Crippen LogP contribution in [-0.2, 0) is 0 Å². The number of nitrogen functional groups attached to an aromatic ring is 1. The van der Waals surface area contributed by atoms with Crippen molar-refractivity contribution >= 4 is 11.4 Å². The van der Waals surface area contributed by atoms with Gasteiger partial charge in [-0.2, -0.15) is 0 Å². The molecule has 0 aliphatic carbocycles. The Bertz CT molecular complexity index is 699. The van der Waals surface area contributed by atoms with Crippen molar-refractivity contribution in [2.45, 2.75) is 5.92 Å². The van der Waals surface area contributed by atoms with Crippen molar-refractivity contribution in [2.75, 3.05) is 26.6 Å². The lowest BCUT2D eigenvalue weighted by Gasteiger charge is -2.17. The molecule has 0 spiro atoms. The van der Waals surface area contributed by atoms with E-state index in [-0.39, 0.29) is 11.4 Å². The van der Waals surface area contributed by atoms with Crippen molar-refractivity contribution in [1.29, 1.82) is 0 Å². The number of nitro benzene ring substituents is 1. The van der Waals surface area contributed by atoms with Crippen molar-refractivity contribution in [3.63, 3.8) is 0 Å². The van der Waals surface area contributed by atoms with Gasteiger partial charge in [0, 0.05) is 18.1 Å². The molecule has 0 saturated carbocycles. The molecule has 2 aromatic carbocycles. The first-order chi connectivity index (χ1) is 11.0. The molecule has 23 heavy (non-hydrogen) atoms. The van der Waals surface area contributed by atoms with E-state index in [1.165, 1.54) is 32.4 Å². The smallest absolute Gasteiger partial charge is 0.292 e. The Morgan fingerprint density at radius 1 is 1.13 bits per heavy atom. The van der Waals surface area contributed by atoms with Crippen LogP contribution in [0, 0.1) is 10.1 Å². The summed E-state index contributed by atoms with van der Waals surface area (Å²) in [4.78, 5) is 10.3. The second-order valence-electron chi connectivity index (χ2n) is 4.93. The number of benzene rings is 2. The summed E-state index contributed by atoms with van der Waals surface area (Å²) in [7, 11) is 3.01. The van der Waals surface area contributed by atoms with E-state index >= 15 is 0 Å². The van der Waals surface area contributed by atoms with Crippen molar-refractivity contribution in [3.8, 4) is 11.5 Å². The molecule has 0 heterocycles. The fraction of sp³-hybridized carbons (Fsp3) is 0.250. The SMILES string of the molecule is COc1cc(OC)cc(C(CF)c2ccc([N+](=O)[O-])c(N)c2)c1. The third-order valence-corrected chi connectivity index (χ3v) is 3.58. The third-order valence-electron chi connectivity index (χ3n) is 3.58. The maximum absolute atomic E-state index is 13.6. The highest BCUT2D eigenvalue weighted by Crippen LogP contribution is 2.34. The summed E-state index contributed by atoms with van der Waals surface area (Å²) >= 11 is 0. The van der Waals surface area contributed by atoms with Crippen LogP contribution >= 0.6 is 0 Å². The van der Waals surface area contributed by atoms with Crippen LogP contribution in [0.25, 0.3) is 0 Å². The minimum atomic E-state index is -0.687. The molecule has 7 heteroatoms. The molecule has 0 fully saturated rings. The van der Waals surface area contributed by atoms with Gasteiger partial charge in [-0.15, -0.1) is 0 Å². The first kappa shape index (κ1) is 16.5. The van der Waals surface area contributed by atoms with E-state index in [4.69, 9.17) is 15.2 Å². The van der Waals surface area contributed by atoms with Gasteiger partial charge < -0.3 is 15.2 Å². The van der Waals surface area contributed by atoms with E-state index in [2.05, 4.69) is 0 Å². The van der Waals surface area contributed by atoms with Crippen LogP contribution in [0.5, 0.6) is 11.5 Å². The van der Waals surface area contributed by atoms with Gasteiger partial charge in [0.05, 0.1) is 19.1 Å². The summed E-state index contributed by atoms with van der Waals surface area (Å²) in [6.45, 7) is -0.687. The van der Waals surface area contributed by atoms with Crippen LogP contribution in [0.2, 0.25) is 0 Å². The summed E-state index contributed by atoms with van der Waals surface area (Å²) in [5, 5.41) is 10.8. The van der Waals surface area contributed by atoms with Crippen LogP contribution in [0.15, 0.2) is 36.4 Å². The topological polar surface area (TPSA) is 87.6 Å². The molecule has 0 bridgehead atoms. The molecule has 2 aromatic rings. The van der Waals surface area contributed by atoms with E-state index in [1.807, 2.05) is 0 Å². The second-order valence-corrected chi connectivity index (χ2v) is 4.93. The number of methoxy groups -OCH3 is 2. The summed E-state index contributed by atoms with van der Waals surface area (Å²) < 4.78 is 24.0. The summed E-state index contributed by atoms with van der Waals surface area (Å²) in [6, 6.07) is 9.29. The predicted octanol–water partition coefficient (Wildman–Crippen LogP) is 3.30. The molecule has 1 atom stereocenters. The Labute approximate surface area is 132 Å². The number of nitrogens with two attached hydrogens (primary N) is 1. The molecule has 0 radical (unpaired) electrons. The van der Waals surface area contributed by atoms with E-state index in [1.54, 1.807) is 18.2 Å². The monoisotopic (exact) mass is 320 g/mol.